The Morgan fingerprint density at radius 1 is 0.947 bits per heavy atom. The topological polar surface area (TPSA) is 69.5 Å². The Kier molecular flexibility index (Phi) is 2.91. The molecule has 0 amide bonds. The van der Waals surface area contributed by atoms with Crippen LogP contribution in [0.2, 0.25) is 0 Å². The summed E-state index contributed by atoms with van der Waals surface area (Å²) >= 11 is 0. The van der Waals surface area contributed by atoms with E-state index >= 15 is 0 Å². The number of hydrogen-bond donors (Lipinski definition) is 1. The fraction of sp³-hybridized carbons (Fsp3) is 0.923. The van der Waals surface area contributed by atoms with Crippen molar-refractivity contribution in [1.29, 1.82) is 0 Å². The first-order chi connectivity index (χ1) is 8.81. The van der Waals surface area contributed by atoms with Gasteiger partial charge in [0.25, 0.3) is 0 Å². The van der Waals surface area contributed by atoms with Gasteiger partial charge in [0, 0.05) is 12.1 Å². The quantitative estimate of drug-likeness (QED) is 0.445. The molecule has 0 aromatic heterocycles. The highest BCUT2D eigenvalue weighted by Gasteiger charge is 2.59. The van der Waals surface area contributed by atoms with Crippen molar-refractivity contribution in [2.45, 2.75) is 70.1 Å². The zero-order valence-corrected chi connectivity index (χ0v) is 11.7. The van der Waals surface area contributed by atoms with Gasteiger partial charge in [0.2, 0.25) is 0 Å². The molecule has 6 nitrogen and oxygen atoms in total. The number of fused-ring (bicyclic) bond motifs is 3. The molecule has 0 aromatic carbocycles. The van der Waals surface area contributed by atoms with Crippen LogP contribution in [0.15, 0.2) is 5.16 Å². The SMILES string of the molecule is CC1(C)O[C@@H]2[C@H](O1)[C@H](/C=N/O)C[C@H]1OC(C)(C)O[C@@H]21. The van der Waals surface area contributed by atoms with Crippen LogP contribution in [-0.2, 0) is 18.9 Å². The second-order valence-electron chi connectivity index (χ2n) is 6.37. The molecule has 0 bridgehead atoms. The normalized spacial score (nSPS) is 47.3. The minimum atomic E-state index is -0.651. The van der Waals surface area contributed by atoms with Crippen LogP contribution in [0.1, 0.15) is 34.1 Å². The van der Waals surface area contributed by atoms with Crippen LogP contribution in [0.3, 0.4) is 0 Å². The van der Waals surface area contributed by atoms with Gasteiger partial charge in [0.05, 0.1) is 12.2 Å². The Morgan fingerprint density at radius 2 is 1.53 bits per heavy atom. The molecule has 2 heterocycles. The van der Waals surface area contributed by atoms with Crippen LogP contribution < -0.4 is 0 Å². The number of oxime groups is 1. The maximum absolute atomic E-state index is 8.81. The van der Waals surface area contributed by atoms with E-state index in [1.807, 2.05) is 27.7 Å². The first-order valence-corrected chi connectivity index (χ1v) is 6.70. The summed E-state index contributed by atoms with van der Waals surface area (Å²) in [7, 11) is 0. The molecule has 0 spiro atoms. The lowest BCUT2D eigenvalue weighted by Crippen LogP contribution is -2.51. The van der Waals surface area contributed by atoms with Crippen LogP contribution in [0, 0.1) is 5.92 Å². The van der Waals surface area contributed by atoms with Crippen molar-refractivity contribution in [3.05, 3.63) is 0 Å². The summed E-state index contributed by atoms with van der Waals surface area (Å²) in [4.78, 5) is 0. The number of rotatable bonds is 1. The van der Waals surface area contributed by atoms with Crippen LogP contribution >= 0.6 is 0 Å². The van der Waals surface area contributed by atoms with Crippen LogP contribution in [0.25, 0.3) is 0 Å². The van der Waals surface area contributed by atoms with E-state index in [9.17, 15) is 0 Å². The van der Waals surface area contributed by atoms with Crippen LogP contribution in [0.5, 0.6) is 0 Å². The molecule has 2 saturated heterocycles. The third kappa shape index (κ3) is 2.27. The first kappa shape index (κ1) is 13.3. The minimum absolute atomic E-state index is 0.0319. The van der Waals surface area contributed by atoms with E-state index in [0.717, 1.165) is 0 Å². The van der Waals surface area contributed by atoms with E-state index in [2.05, 4.69) is 5.16 Å². The van der Waals surface area contributed by atoms with E-state index in [1.165, 1.54) is 6.21 Å². The molecule has 19 heavy (non-hydrogen) atoms. The summed E-state index contributed by atoms with van der Waals surface area (Å²) in [6, 6.07) is 0. The summed E-state index contributed by atoms with van der Waals surface area (Å²) in [5.74, 6) is -1.29. The molecule has 0 unspecified atom stereocenters. The molecule has 2 aliphatic heterocycles. The highest BCUT2D eigenvalue weighted by atomic mass is 16.8. The Balaban J connectivity index is 1.88. The van der Waals surface area contributed by atoms with Gasteiger partial charge in [0.15, 0.2) is 11.6 Å². The third-order valence-corrected chi connectivity index (χ3v) is 3.89. The molecular formula is C13H21NO5. The maximum atomic E-state index is 8.81. The second kappa shape index (κ2) is 4.15. The molecular weight excluding hydrogens is 250 g/mol. The molecule has 1 saturated carbocycles. The van der Waals surface area contributed by atoms with Crippen molar-refractivity contribution in [2.75, 3.05) is 0 Å². The molecule has 3 fully saturated rings. The fourth-order valence-corrected chi connectivity index (χ4v) is 3.36. The number of nitrogens with zero attached hydrogens (tertiary/aromatic N) is 1. The predicted molar refractivity (Wildman–Crippen MR) is 66.0 cm³/mol. The summed E-state index contributed by atoms with van der Waals surface area (Å²) in [6.07, 6.45) is 1.66. The Morgan fingerprint density at radius 3 is 2.21 bits per heavy atom. The molecule has 6 heteroatoms. The summed E-state index contributed by atoms with van der Waals surface area (Å²) in [5.41, 5.74) is 0. The maximum Gasteiger partial charge on any atom is 0.163 e. The smallest absolute Gasteiger partial charge is 0.163 e. The van der Waals surface area contributed by atoms with E-state index in [-0.39, 0.29) is 30.3 Å². The molecule has 1 N–H and O–H groups in total. The van der Waals surface area contributed by atoms with E-state index < -0.39 is 11.6 Å². The zero-order valence-electron chi connectivity index (χ0n) is 11.7. The molecule has 3 rings (SSSR count). The van der Waals surface area contributed by atoms with Gasteiger partial charge >= 0.3 is 0 Å². The first-order valence-electron chi connectivity index (χ1n) is 6.70. The standard InChI is InChI=1S/C13H21NO5/c1-12(2)16-8-5-7(6-14-15)9-11(10(8)18-12)19-13(3,4)17-9/h6-11,15H,5H2,1-4H3/b14-6+/t7-,8+,9+,10+,11+/m0/s1. The van der Waals surface area contributed by atoms with Crippen molar-refractivity contribution in [1.82, 2.24) is 0 Å². The number of hydrogen-bond acceptors (Lipinski definition) is 6. The lowest BCUT2D eigenvalue weighted by Gasteiger charge is -2.35. The van der Waals surface area contributed by atoms with Gasteiger partial charge in [-0.1, -0.05) is 0 Å². The highest BCUT2D eigenvalue weighted by molar-refractivity contribution is 5.61. The summed E-state index contributed by atoms with van der Waals surface area (Å²) < 4.78 is 23.8. The fourth-order valence-electron chi connectivity index (χ4n) is 3.36. The summed E-state index contributed by atoms with van der Waals surface area (Å²) in [6.45, 7) is 7.57. The van der Waals surface area contributed by atoms with Crippen LogP contribution in [0.4, 0.5) is 0 Å². The second-order valence-corrected chi connectivity index (χ2v) is 6.37. The van der Waals surface area contributed by atoms with Crippen molar-refractivity contribution in [2.24, 2.45) is 11.1 Å². The van der Waals surface area contributed by atoms with Crippen LogP contribution in [-0.4, -0.2) is 47.4 Å². The van der Waals surface area contributed by atoms with Crippen molar-refractivity contribution < 1.29 is 24.2 Å². The molecule has 3 aliphatic rings. The molecule has 0 radical (unpaired) electrons. The van der Waals surface area contributed by atoms with Gasteiger partial charge in [-0.15, -0.1) is 5.16 Å². The summed E-state index contributed by atoms with van der Waals surface area (Å²) in [5, 5.41) is 12.0. The Hall–Kier alpha value is -0.690. The van der Waals surface area contributed by atoms with Gasteiger partial charge in [-0.2, -0.15) is 0 Å². The molecule has 108 valence electrons. The largest absolute Gasteiger partial charge is 0.411 e. The van der Waals surface area contributed by atoms with Gasteiger partial charge in [0.1, 0.15) is 12.2 Å². The third-order valence-electron chi connectivity index (χ3n) is 3.89. The Bertz CT molecular complexity index is 394. The lowest BCUT2D eigenvalue weighted by atomic mass is 9.81. The van der Waals surface area contributed by atoms with E-state index in [0.29, 0.717) is 6.42 Å². The van der Waals surface area contributed by atoms with Crippen molar-refractivity contribution in [3.63, 3.8) is 0 Å². The Labute approximate surface area is 112 Å². The van der Waals surface area contributed by atoms with Gasteiger partial charge in [-0.05, 0) is 34.1 Å². The van der Waals surface area contributed by atoms with Crippen molar-refractivity contribution >= 4 is 6.21 Å². The van der Waals surface area contributed by atoms with Gasteiger partial charge < -0.3 is 24.2 Å². The number of ether oxygens (including phenoxy) is 4. The molecule has 0 aromatic rings. The van der Waals surface area contributed by atoms with Gasteiger partial charge in [-0.3, -0.25) is 0 Å². The molecule has 5 atom stereocenters. The van der Waals surface area contributed by atoms with E-state index in [1.54, 1.807) is 0 Å². The van der Waals surface area contributed by atoms with Gasteiger partial charge in [-0.25, -0.2) is 0 Å². The average molecular weight is 271 g/mol. The van der Waals surface area contributed by atoms with Crippen molar-refractivity contribution in [3.8, 4) is 0 Å². The monoisotopic (exact) mass is 271 g/mol. The molecule has 1 aliphatic carbocycles. The predicted octanol–water partition coefficient (Wildman–Crippen LogP) is 1.51. The highest BCUT2D eigenvalue weighted by Crippen LogP contribution is 2.46. The zero-order chi connectivity index (χ0) is 13.8. The lowest BCUT2D eigenvalue weighted by molar-refractivity contribution is -0.176. The van der Waals surface area contributed by atoms with E-state index in [4.69, 9.17) is 24.2 Å². The average Bonchev–Trinajstić information content (AvgIpc) is 2.74. The minimum Gasteiger partial charge on any atom is -0.411 e.